The first kappa shape index (κ1) is 21.3. The van der Waals surface area contributed by atoms with Gasteiger partial charge in [0.25, 0.3) is 0 Å². The van der Waals surface area contributed by atoms with E-state index in [1.54, 1.807) is 6.26 Å². The van der Waals surface area contributed by atoms with Crippen molar-refractivity contribution in [3.63, 3.8) is 0 Å². The molecule has 0 spiro atoms. The highest BCUT2D eigenvalue weighted by molar-refractivity contribution is 14.0. The SMILES string of the molecule is CC[C@H](CO)NC(=NCC1CCCCC1)NCCc1ccco1.I. The molecular weight excluding hydrogens is 417 g/mol. The van der Waals surface area contributed by atoms with E-state index in [-0.39, 0.29) is 36.6 Å². The van der Waals surface area contributed by atoms with Crippen molar-refractivity contribution in [3.8, 4) is 0 Å². The van der Waals surface area contributed by atoms with Crippen LogP contribution in [0.2, 0.25) is 0 Å². The largest absolute Gasteiger partial charge is 0.469 e. The Hall–Kier alpha value is -0.760. The van der Waals surface area contributed by atoms with Gasteiger partial charge in [0.2, 0.25) is 0 Å². The minimum absolute atomic E-state index is 0. The molecule has 3 N–H and O–H groups in total. The van der Waals surface area contributed by atoms with Crippen molar-refractivity contribution >= 4 is 29.9 Å². The quantitative estimate of drug-likeness (QED) is 0.324. The van der Waals surface area contributed by atoms with Gasteiger partial charge in [-0.25, -0.2) is 0 Å². The van der Waals surface area contributed by atoms with Crippen LogP contribution in [0.4, 0.5) is 0 Å². The number of halogens is 1. The molecule has 5 nitrogen and oxygen atoms in total. The fourth-order valence-electron chi connectivity index (χ4n) is 2.97. The van der Waals surface area contributed by atoms with E-state index in [2.05, 4.69) is 17.6 Å². The molecule has 0 unspecified atom stereocenters. The highest BCUT2D eigenvalue weighted by atomic mass is 127. The van der Waals surface area contributed by atoms with Gasteiger partial charge in [-0.2, -0.15) is 0 Å². The van der Waals surface area contributed by atoms with Gasteiger partial charge in [0.05, 0.1) is 18.9 Å². The Morgan fingerprint density at radius 1 is 1.38 bits per heavy atom. The summed E-state index contributed by atoms with van der Waals surface area (Å²) in [6.45, 7) is 3.83. The summed E-state index contributed by atoms with van der Waals surface area (Å²) in [7, 11) is 0. The van der Waals surface area contributed by atoms with E-state index in [9.17, 15) is 5.11 Å². The summed E-state index contributed by atoms with van der Waals surface area (Å²) < 4.78 is 5.35. The van der Waals surface area contributed by atoms with Crippen LogP contribution in [-0.4, -0.2) is 36.8 Å². The Morgan fingerprint density at radius 3 is 2.79 bits per heavy atom. The van der Waals surface area contributed by atoms with Crippen LogP contribution in [0.3, 0.4) is 0 Å². The second-order valence-electron chi connectivity index (χ2n) is 6.38. The Kier molecular flexibility index (Phi) is 11.2. The molecule has 1 aliphatic rings. The van der Waals surface area contributed by atoms with E-state index in [4.69, 9.17) is 9.41 Å². The smallest absolute Gasteiger partial charge is 0.191 e. The monoisotopic (exact) mass is 449 g/mol. The van der Waals surface area contributed by atoms with Crippen LogP contribution < -0.4 is 10.6 Å². The van der Waals surface area contributed by atoms with Gasteiger partial charge in [-0.1, -0.05) is 26.2 Å². The van der Waals surface area contributed by atoms with Gasteiger partial charge in [-0.05, 0) is 37.3 Å². The molecule has 0 aliphatic heterocycles. The Labute approximate surface area is 162 Å². The van der Waals surface area contributed by atoms with Gasteiger partial charge in [-0.3, -0.25) is 4.99 Å². The van der Waals surface area contributed by atoms with E-state index in [1.807, 2.05) is 12.1 Å². The van der Waals surface area contributed by atoms with Crippen molar-refractivity contribution in [2.24, 2.45) is 10.9 Å². The minimum atomic E-state index is 0. The zero-order chi connectivity index (χ0) is 16.3. The standard InChI is InChI=1S/C18H31N3O2.HI/c1-2-16(14-22)21-18(19-11-10-17-9-6-12-23-17)20-13-15-7-4-3-5-8-15;/h6,9,12,15-16,22H,2-5,7-8,10-11,13-14H2,1H3,(H2,19,20,21);1H/t16-;/m1./s1. The molecule has 0 saturated heterocycles. The average molecular weight is 449 g/mol. The summed E-state index contributed by atoms with van der Waals surface area (Å²) in [6.07, 6.45) is 10.0. The molecule has 1 atom stereocenters. The third kappa shape index (κ3) is 7.88. The molecule has 0 aromatic carbocycles. The maximum absolute atomic E-state index is 9.41. The molecule has 24 heavy (non-hydrogen) atoms. The molecule has 0 bridgehead atoms. The van der Waals surface area contributed by atoms with E-state index >= 15 is 0 Å². The zero-order valence-electron chi connectivity index (χ0n) is 14.7. The van der Waals surface area contributed by atoms with E-state index in [0.717, 1.165) is 37.7 Å². The molecule has 1 heterocycles. The molecule has 138 valence electrons. The van der Waals surface area contributed by atoms with Crippen molar-refractivity contribution in [1.82, 2.24) is 10.6 Å². The summed E-state index contributed by atoms with van der Waals surface area (Å²) in [5, 5.41) is 16.1. The van der Waals surface area contributed by atoms with E-state index in [1.165, 1.54) is 32.1 Å². The van der Waals surface area contributed by atoms with Crippen molar-refractivity contribution < 1.29 is 9.52 Å². The zero-order valence-corrected chi connectivity index (χ0v) is 17.0. The number of aliphatic imine (C=N–C) groups is 1. The summed E-state index contributed by atoms with van der Waals surface area (Å²) >= 11 is 0. The van der Waals surface area contributed by atoms with Crippen LogP contribution >= 0.6 is 24.0 Å². The normalized spacial score (nSPS) is 17.2. The van der Waals surface area contributed by atoms with Crippen molar-refractivity contribution in [2.75, 3.05) is 19.7 Å². The lowest BCUT2D eigenvalue weighted by Crippen LogP contribution is -2.45. The van der Waals surface area contributed by atoms with Gasteiger partial charge in [-0.15, -0.1) is 24.0 Å². The number of guanidine groups is 1. The van der Waals surface area contributed by atoms with Crippen molar-refractivity contribution in [1.29, 1.82) is 0 Å². The molecule has 0 radical (unpaired) electrons. The third-order valence-corrected chi connectivity index (χ3v) is 4.53. The number of aliphatic hydroxyl groups is 1. The minimum Gasteiger partial charge on any atom is -0.469 e. The molecular formula is C18H32IN3O2. The number of hydrogen-bond acceptors (Lipinski definition) is 3. The summed E-state index contributed by atoms with van der Waals surface area (Å²) in [4.78, 5) is 4.75. The number of nitrogens with zero attached hydrogens (tertiary/aromatic N) is 1. The fraction of sp³-hybridized carbons (Fsp3) is 0.722. The molecule has 0 amide bonds. The first-order valence-electron chi connectivity index (χ1n) is 9.00. The second kappa shape index (κ2) is 12.6. The molecule has 1 fully saturated rings. The van der Waals surface area contributed by atoms with Crippen molar-refractivity contribution in [2.45, 2.75) is 57.9 Å². The number of rotatable bonds is 8. The second-order valence-corrected chi connectivity index (χ2v) is 6.38. The number of hydrogen-bond donors (Lipinski definition) is 3. The van der Waals surface area contributed by atoms with Gasteiger partial charge >= 0.3 is 0 Å². The Bertz CT molecular complexity index is 441. The summed E-state index contributed by atoms with van der Waals surface area (Å²) in [5.74, 6) is 2.49. The van der Waals surface area contributed by atoms with Crippen LogP contribution in [0.25, 0.3) is 0 Å². The molecule has 2 rings (SSSR count). The summed E-state index contributed by atoms with van der Waals surface area (Å²) in [5.41, 5.74) is 0. The topological polar surface area (TPSA) is 69.8 Å². The highest BCUT2D eigenvalue weighted by Crippen LogP contribution is 2.23. The van der Waals surface area contributed by atoms with E-state index in [0.29, 0.717) is 5.92 Å². The lowest BCUT2D eigenvalue weighted by atomic mass is 9.89. The van der Waals surface area contributed by atoms with Crippen LogP contribution in [-0.2, 0) is 6.42 Å². The lowest BCUT2D eigenvalue weighted by molar-refractivity contribution is 0.251. The molecule has 1 aromatic rings. The van der Waals surface area contributed by atoms with Crippen molar-refractivity contribution in [3.05, 3.63) is 24.2 Å². The van der Waals surface area contributed by atoms with Gasteiger partial charge < -0.3 is 20.2 Å². The maximum Gasteiger partial charge on any atom is 0.191 e. The van der Waals surface area contributed by atoms with Crippen LogP contribution in [0.1, 0.15) is 51.2 Å². The van der Waals surface area contributed by atoms with Crippen LogP contribution in [0.5, 0.6) is 0 Å². The maximum atomic E-state index is 9.41. The molecule has 1 aliphatic carbocycles. The van der Waals surface area contributed by atoms with Crippen LogP contribution in [0.15, 0.2) is 27.8 Å². The molecule has 1 aromatic heterocycles. The number of furan rings is 1. The predicted molar refractivity (Wildman–Crippen MR) is 109 cm³/mol. The van der Waals surface area contributed by atoms with Gasteiger partial charge in [0, 0.05) is 19.5 Å². The van der Waals surface area contributed by atoms with Gasteiger partial charge in [0.1, 0.15) is 5.76 Å². The molecule has 1 saturated carbocycles. The Morgan fingerprint density at radius 2 is 2.17 bits per heavy atom. The number of nitrogens with one attached hydrogen (secondary N) is 2. The lowest BCUT2D eigenvalue weighted by Gasteiger charge is -2.22. The molecule has 6 heteroatoms. The average Bonchev–Trinajstić information content (AvgIpc) is 3.11. The first-order valence-corrected chi connectivity index (χ1v) is 9.00. The number of aliphatic hydroxyl groups excluding tert-OH is 1. The first-order chi connectivity index (χ1) is 11.3. The Balaban J connectivity index is 0.00000288. The summed E-state index contributed by atoms with van der Waals surface area (Å²) in [6, 6.07) is 3.94. The van der Waals surface area contributed by atoms with E-state index < -0.39 is 0 Å². The predicted octanol–water partition coefficient (Wildman–Crippen LogP) is 3.33. The van der Waals surface area contributed by atoms with Gasteiger partial charge in [0.15, 0.2) is 5.96 Å². The van der Waals surface area contributed by atoms with Crippen LogP contribution in [0, 0.1) is 5.92 Å². The fourth-order valence-corrected chi connectivity index (χ4v) is 2.97. The third-order valence-electron chi connectivity index (χ3n) is 4.53. The highest BCUT2D eigenvalue weighted by Gasteiger charge is 2.14.